The number of rotatable bonds is 8. The molecule has 2 aromatic carbocycles. The van der Waals surface area contributed by atoms with Gasteiger partial charge in [-0.25, -0.2) is 4.79 Å². The molecule has 0 spiro atoms. The topological polar surface area (TPSA) is 93.7 Å². The molecule has 0 radical (unpaired) electrons. The monoisotopic (exact) mass is 384 g/mol. The smallest absolute Gasteiger partial charge is 0.321 e. The Bertz CT molecular complexity index is 807. The summed E-state index contributed by atoms with van der Waals surface area (Å²) in [6.07, 6.45) is -0.741. The quantitative estimate of drug-likeness (QED) is 0.683. The minimum absolute atomic E-state index is 0.0676. The summed E-state index contributed by atoms with van der Waals surface area (Å²) >= 11 is 0. The van der Waals surface area contributed by atoms with Gasteiger partial charge in [0.25, 0.3) is 5.91 Å². The van der Waals surface area contributed by atoms with Crippen molar-refractivity contribution in [1.29, 1.82) is 0 Å². The van der Waals surface area contributed by atoms with E-state index >= 15 is 0 Å². The van der Waals surface area contributed by atoms with Crippen LogP contribution in [0.2, 0.25) is 0 Å². The van der Waals surface area contributed by atoms with Crippen molar-refractivity contribution in [2.24, 2.45) is 0 Å². The number of para-hydroxylation sites is 1. The number of carbonyl (C=O) groups excluding carboxylic acids is 3. The molecule has 0 aromatic heterocycles. The molecular weight excluding hydrogens is 360 g/mol. The number of amides is 3. The molecule has 148 valence electrons. The van der Waals surface area contributed by atoms with E-state index in [1.807, 2.05) is 24.3 Å². The van der Waals surface area contributed by atoms with Gasteiger partial charge in [0, 0.05) is 18.5 Å². The van der Waals surface area contributed by atoms with Crippen molar-refractivity contribution < 1.29 is 23.9 Å². The van der Waals surface area contributed by atoms with Crippen LogP contribution in [-0.4, -0.2) is 31.6 Å². The molecule has 0 aliphatic rings. The maximum absolute atomic E-state index is 12.5. The molecule has 3 amide bonds. The standard InChI is InChI=1S/C21H24N2O5/c1-3-22-21(26)23-20(25)19(16-10-5-4-6-11-16)28-18(24)14-13-15-9-7-8-12-17(15)27-2/h4-12,19H,3,13-14H2,1-2H3,(H2,22,23,25,26)/t19-/m0/s1. The lowest BCUT2D eigenvalue weighted by molar-refractivity contribution is -0.156. The molecular formula is C21H24N2O5. The van der Waals surface area contributed by atoms with E-state index in [1.165, 1.54) is 0 Å². The Morgan fingerprint density at radius 2 is 1.68 bits per heavy atom. The van der Waals surface area contributed by atoms with Gasteiger partial charge in [0.05, 0.1) is 7.11 Å². The highest BCUT2D eigenvalue weighted by Gasteiger charge is 2.26. The molecule has 0 heterocycles. The minimum atomic E-state index is -1.21. The average Bonchev–Trinajstić information content (AvgIpc) is 2.71. The van der Waals surface area contributed by atoms with Crippen molar-refractivity contribution in [1.82, 2.24) is 10.6 Å². The highest BCUT2D eigenvalue weighted by Crippen LogP contribution is 2.21. The predicted molar refractivity (Wildman–Crippen MR) is 104 cm³/mol. The van der Waals surface area contributed by atoms with Crippen LogP contribution in [0.5, 0.6) is 5.75 Å². The van der Waals surface area contributed by atoms with Crippen molar-refractivity contribution in [2.75, 3.05) is 13.7 Å². The highest BCUT2D eigenvalue weighted by atomic mass is 16.5. The summed E-state index contributed by atoms with van der Waals surface area (Å²) in [6.45, 7) is 2.10. The SMILES string of the molecule is CCNC(=O)NC(=O)[C@@H](OC(=O)CCc1ccccc1OC)c1ccccc1. The van der Waals surface area contributed by atoms with E-state index in [4.69, 9.17) is 9.47 Å². The lowest BCUT2D eigenvalue weighted by atomic mass is 10.1. The van der Waals surface area contributed by atoms with Gasteiger partial charge in [-0.3, -0.25) is 14.9 Å². The number of ether oxygens (including phenoxy) is 2. The van der Waals surface area contributed by atoms with Crippen LogP contribution in [0, 0.1) is 0 Å². The van der Waals surface area contributed by atoms with Crippen molar-refractivity contribution in [3.63, 3.8) is 0 Å². The normalized spacial score (nSPS) is 11.2. The second-order valence-corrected chi connectivity index (χ2v) is 5.94. The second kappa shape index (κ2) is 10.7. The van der Waals surface area contributed by atoms with E-state index in [-0.39, 0.29) is 6.42 Å². The van der Waals surface area contributed by atoms with Crippen LogP contribution in [-0.2, 0) is 20.7 Å². The van der Waals surface area contributed by atoms with Gasteiger partial charge in [-0.05, 0) is 25.0 Å². The number of benzene rings is 2. The van der Waals surface area contributed by atoms with Crippen LogP contribution in [0.25, 0.3) is 0 Å². The third-order valence-electron chi connectivity index (χ3n) is 3.95. The van der Waals surface area contributed by atoms with Crippen LogP contribution in [0.3, 0.4) is 0 Å². The fourth-order valence-corrected chi connectivity index (χ4v) is 2.62. The molecule has 1 atom stereocenters. The number of hydrogen-bond acceptors (Lipinski definition) is 5. The van der Waals surface area contributed by atoms with Crippen molar-refractivity contribution in [3.8, 4) is 5.75 Å². The van der Waals surface area contributed by atoms with Crippen molar-refractivity contribution in [3.05, 3.63) is 65.7 Å². The lowest BCUT2D eigenvalue weighted by Crippen LogP contribution is -2.42. The largest absolute Gasteiger partial charge is 0.496 e. The summed E-state index contributed by atoms with van der Waals surface area (Å²) in [5.74, 6) is -0.572. The third-order valence-corrected chi connectivity index (χ3v) is 3.95. The zero-order chi connectivity index (χ0) is 20.4. The maximum atomic E-state index is 12.5. The number of methoxy groups -OCH3 is 1. The number of carbonyl (C=O) groups is 3. The summed E-state index contributed by atoms with van der Waals surface area (Å²) in [7, 11) is 1.56. The van der Waals surface area contributed by atoms with Gasteiger partial charge in [-0.1, -0.05) is 48.5 Å². The summed E-state index contributed by atoms with van der Waals surface area (Å²) in [6, 6.07) is 15.3. The van der Waals surface area contributed by atoms with E-state index in [0.29, 0.717) is 24.3 Å². The van der Waals surface area contributed by atoms with Crippen LogP contribution in [0.4, 0.5) is 4.79 Å². The van der Waals surface area contributed by atoms with Gasteiger partial charge in [0.1, 0.15) is 5.75 Å². The number of hydrogen-bond donors (Lipinski definition) is 2. The number of esters is 1. The molecule has 2 rings (SSSR count). The number of nitrogens with one attached hydrogen (secondary N) is 2. The van der Waals surface area contributed by atoms with Crippen molar-refractivity contribution >= 4 is 17.9 Å². The first kappa shape index (κ1) is 21.0. The Kier molecular flexibility index (Phi) is 8.02. The first-order chi connectivity index (χ1) is 13.5. The third kappa shape index (κ3) is 6.12. The second-order valence-electron chi connectivity index (χ2n) is 5.94. The number of urea groups is 1. The summed E-state index contributed by atoms with van der Waals surface area (Å²) in [5, 5.41) is 4.66. The molecule has 2 aromatic rings. The fourth-order valence-electron chi connectivity index (χ4n) is 2.62. The van der Waals surface area contributed by atoms with Crippen molar-refractivity contribution in [2.45, 2.75) is 25.9 Å². The molecule has 7 heteroatoms. The van der Waals surface area contributed by atoms with Gasteiger partial charge in [-0.15, -0.1) is 0 Å². The van der Waals surface area contributed by atoms with Crippen LogP contribution in [0.15, 0.2) is 54.6 Å². The van der Waals surface area contributed by atoms with E-state index in [0.717, 1.165) is 5.56 Å². The lowest BCUT2D eigenvalue weighted by Gasteiger charge is -2.18. The Morgan fingerprint density at radius 1 is 1.00 bits per heavy atom. The van der Waals surface area contributed by atoms with Gasteiger partial charge in [0.2, 0.25) is 6.10 Å². The van der Waals surface area contributed by atoms with Gasteiger partial charge in [-0.2, -0.15) is 0 Å². The van der Waals surface area contributed by atoms with E-state index in [1.54, 1.807) is 44.4 Å². The van der Waals surface area contributed by atoms with Crippen LogP contribution in [0.1, 0.15) is 30.6 Å². The van der Waals surface area contributed by atoms with E-state index in [2.05, 4.69) is 10.6 Å². The van der Waals surface area contributed by atoms with Crippen LogP contribution >= 0.6 is 0 Å². The fraction of sp³-hybridized carbons (Fsp3) is 0.286. The molecule has 0 unspecified atom stereocenters. The maximum Gasteiger partial charge on any atom is 0.321 e. The molecule has 28 heavy (non-hydrogen) atoms. The molecule has 0 saturated heterocycles. The molecule has 0 fully saturated rings. The molecule has 0 aliphatic carbocycles. The molecule has 0 aliphatic heterocycles. The Balaban J connectivity index is 2.06. The predicted octanol–water partition coefficient (Wildman–Crippen LogP) is 2.76. The summed E-state index contributed by atoms with van der Waals surface area (Å²) in [5.41, 5.74) is 1.35. The summed E-state index contributed by atoms with van der Waals surface area (Å²) in [4.78, 5) is 36.5. The molecule has 7 nitrogen and oxygen atoms in total. The minimum Gasteiger partial charge on any atom is -0.496 e. The molecule has 0 bridgehead atoms. The van der Waals surface area contributed by atoms with Gasteiger partial charge < -0.3 is 14.8 Å². The number of aryl methyl sites for hydroxylation is 1. The Hall–Kier alpha value is -3.35. The highest BCUT2D eigenvalue weighted by molar-refractivity contribution is 5.97. The van der Waals surface area contributed by atoms with Gasteiger partial charge in [0.15, 0.2) is 0 Å². The first-order valence-corrected chi connectivity index (χ1v) is 9.00. The van der Waals surface area contributed by atoms with E-state index < -0.39 is 24.0 Å². The number of imide groups is 1. The Morgan fingerprint density at radius 3 is 2.36 bits per heavy atom. The van der Waals surface area contributed by atoms with Crippen LogP contribution < -0.4 is 15.4 Å². The average molecular weight is 384 g/mol. The zero-order valence-corrected chi connectivity index (χ0v) is 15.9. The molecule has 2 N–H and O–H groups in total. The van der Waals surface area contributed by atoms with Gasteiger partial charge >= 0.3 is 12.0 Å². The first-order valence-electron chi connectivity index (χ1n) is 9.00. The zero-order valence-electron chi connectivity index (χ0n) is 15.9. The Labute approximate surface area is 164 Å². The molecule has 0 saturated carbocycles. The van der Waals surface area contributed by atoms with E-state index in [9.17, 15) is 14.4 Å². The summed E-state index contributed by atoms with van der Waals surface area (Å²) < 4.78 is 10.7.